The molecule has 4 heteroatoms. The van der Waals surface area contributed by atoms with Crippen LogP contribution in [0.2, 0.25) is 0 Å². The third-order valence-corrected chi connectivity index (χ3v) is 3.21. The van der Waals surface area contributed by atoms with Crippen molar-refractivity contribution in [3.63, 3.8) is 0 Å². The van der Waals surface area contributed by atoms with E-state index in [-0.39, 0.29) is 6.04 Å². The molecule has 1 aromatic heterocycles. The van der Waals surface area contributed by atoms with Crippen LogP contribution in [0.15, 0.2) is 18.2 Å². The Bertz CT molecular complexity index is 557. The lowest BCUT2D eigenvalue weighted by atomic mass is 10.2. The molecule has 2 rings (SSSR count). The highest BCUT2D eigenvalue weighted by atomic mass is 16.3. The average Bonchev–Trinajstić information content (AvgIpc) is 2.65. The van der Waals surface area contributed by atoms with E-state index in [0.29, 0.717) is 0 Å². The van der Waals surface area contributed by atoms with E-state index in [4.69, 9.17) is 5.73 Å². The largest absolute Gasteiger partial charge is 0.391 e. The van der Waals surface area contributed by atoms with Crippen molar-refractivity contribution in [3.05, 3.63) is 29.6 Å². The van der Waals surface area contributed by atoms with Gasteiger partial charge in [-0.05, 0) is 45.4 Å². The lowest BCUT2D eigenvalue weighted by Gasteiger charge is -2.19. The number of fused-ring (bicyclic) bond motifs is 1. The third kappa shape index (κ3) is 2.13. The van der Waals surface area contributed by atoms with Crippen LogP contribution in [0.3, 0.4) is 0 Å². The highest BCUT2D eigenvalue weighted by Crippen LogP contribution is 2.26. The number of rotatable bonds is 3. The Morgan fingerprint density at radius 1 is 1.28 bits per heavy atom. The van der Waals surface area contributed by atoms with Crippen LogP contribution >= 0.6 is 0 Å². The third-order valence-electron chi connectivity index (χ3n) is 3.21. The van der Waals surface area contributed by atoms with Crippen LogP contribution in [0.5, 0.6) is 0 Å². The van der Waals surface area contributed by atoms with Gasteiger partial charge in [-0.1, -0.05) is 6.07 Å². The Morgan fingerprint density at radius 2 is 1.94 bits per heavy atom. The second kappa shape index (κ2) is 4.71. The van der Waals surface area contributed by atoms with E-state index in [1.165, 1.54) is 5.56 Å². The quantitative estimate of drug-likeness (QED) is 0.874. The topological polar surface area (TPSA) is 64.1 Å². The molecule has 0 aliphatic rings. The highest BCUT2D eigenvalue weighted by Gasteiger charge is 2.22. The van der Waals surface area contributed by atoms with Crippen molar-refractivity contribution >= 4 is 11.0 Å². The lowest BCUT2D eigenvalue weighted by Crippen LogP contribution is -2.27. The van der Waals surface area contributed by atoms with Gasteiger partial charge in [0.1, 0.15) is 5.82 Å². The lowest BCUT2D eigenvalue weighted by molar-refractivity contribution is 0.158. The molecule has 0 aliphatic heterocycles. The first-order valence-electron chi connectivity index (χ1n) is 6.34. The molecule has 98 valence electrons. The molecular formula is C14H21N3O. The Kier molecular flexibility index (Phi) is 3.41. The fraction of sp³-hybridized carbons (Fsp3) is 0.500. The number of benzene rings is 1. The fourth-order valence-electron chi connectivity index (χ4n) is 2.22. The summed E-state index contributed by atoms with van der Waals surface area (Å²) in [6.45, 7) is 7.93. The molecule has 0 saturated carbocycles. The first-order chi connectivity index (χ1) is 8.41. The van der Waals surface area contributed by atoms with Gasteiger partial charge in [-0.15, -0.1) is 0 Å². The average molecular weight is 247 g/mol. The minimum atomic E-state index is -0.611. The molecule has 2 atom stereocenters. The summed E-state index contributed by atoms with van der Waals surface area (Å²) in [5.41, 5.74) is 9.23. The van der Waals surface area contributed by atoms with Gasteiger partial charge in [0.05, 0.1) is 23.2 Å². The van der Waals surface area contributed by atoms with Gasteiger partial charge in [0, 0.05) is 6.04 Å². The predicted octanol–water partition coefficient (Wildman–Crippen LogP) is 2.31. The van der Waals surface area contributed by atoms with Crippen molar-refractivity contribution in [2.24, 2.45) is 5.73 Å². The van der Waals surface area contributed by atoms with E-state index in [1.807, 2.05) is 13.0 Å². The van der Waals surface area contributed by atoms with Crippen LogP contribution in [-0.2, 0) is 0 Å². The van der Waals surface area contributed by atoms with E-state index < -0.39 is 12.1 Å². The monoisotopic (exact) mass is 247 g/mol. The number of aryl methyl sites for hydroxylation is 1. The zero-order chi connectivity index (χ0) is 13.4. The summed E-state index contributed by atoms with van der Waals surface area (Å²) in [6.07, 6.45) is -0.611. The zero-order valence-corrected chi connectivity index (χ0v) is 11.4. The molecule has 18 heavy (non-hydrogen) atoms. The molecule has 0 fully saturated rings. The molecule has 1 heterocycles. The maximum atomic E-state index is 9.68. The molecule has 2 aromatic rings. The fourth-order valence-corrected chi connectivity index (χ4v) is 2.22. The van der Waals surface area contributed by atoms with E-state index in [0.717, 1.165) is 16.9 Å². The number of aliphatic hydroxyl groups excluding tert-OH is 1. The molecular weight excluding hydrogens is 226 g/mol. The minimum Gasteiger partial charge on any atom is -0.391 e. The molecule has 0 bridgehead atoms. The molecule has 0 spiro atoms. The van der Waals surface area contributed by atoms with Gasteiger partial charge in [0.15, 0.2) is 0 Å². The second-order valence-corrected chi connectivity index (χ2v) is 5.19. The van der Waals surface area contributed by atoms with Gasteiger partial charge < -0.3 is 15.4 Å². The number of aromatic nitrogens is 2. The molecule has 0 radical (unpaired) electrons. The Hall–Kier alpha value is -1.39. The molecule has 0 aliphatic carbocycles. The van der Waals surface area contributed by atoms with Crippen LogP contribution in [-0.4, -0.2) is 20.8 Å². The van der Waals surface area contributed by atoms with Gasteiger partial charge >= 0.3 is 0 Å². The number of nitrogens with zero attached hydrogens (tertiary/aromatic N) is 2. The zero-order valence-electron chi connectivity index (χ0n) is 11.4. The van der Waals surface area contributed by atoms with Crippen molar-refractivity contribution in [2.75, 3.05) is 0 Å². The molecule has 3 N–H and O–H groups in total. The smallest absolute Gasteiger partial charge is 0.129 e. The molecule has 0 amide bonds. The summed E-state index contributed by atoms with van der Waals surface area (Å²) in [4.78, 5) is 4.59. The van der Waals surface area contributed by atoms with Crippen LogP contribution < -0.4 is 5.73 Å². The summed E-state index contributed by atoms with van der Waals surface area (Å²) in [5, 5.41) is 9.68. The van der Waals surface area contributed by atoms with Gasteiger partial charge in [-0.2, -0.15) is 0 Å². The number of aliphatic hydroxyl groups is 1. The summed E-state index contributed by atoms with van der Waals surface area (Å²) in [5.74, 6) is 0.751. The van der Waals surface area contributed by atoms with Crippen molar-refractivity contribution in [3.8, 4) is 0 Å². The molecule has 1 aromatic carbocycles. The molecule has 0 saturated heterocycles. The summed E-state index contributed by atoms with van der Waals surface area (Å²) in [6, 6.07) is 5.99. The standard InChI is InChI=1S/C14H21N3O/c1-8(2)17-12-6-5-9(3)7-11(12)16-14(17)13(15)10(4)18/h5-8,10,13,18H,15H2,1-4H3. The number of nitrogens with two attached hydrogens (primary N) is 1. The van der Waals surface area contributed by atoms with Crippen molar-refractivity contribution in [2.45, 2.75) is 45.9 Å². The van der Waals surface area contributed by atoms with Crippen LogP contribution in [0, 0.1) is 6.92 Å². The van der Waals surface area contributed by atoms with E-state index in [9.17, 15) is 5.11 Å². The normalized spacial score (nSPS) is 15.3. The van der Waals surface area contributed by atoms with Crippen LogP contribution in [0.4, 0.5) is 0 Å². The highest BCUT2D eigenvalue weighted by molar-refractivity contribution is 5.77. The SMILES string of the molecule is Cc1ccc2c(c1)nc(C(N)C(C)O)n2C(C)C. The molecule has 4 nitrogen and oxygen atoms in total. The number of hydrogen-bond donors (Lipinski definition) is 2. The predicted molar refractivity (Wildman–Crippen MR) is 73.5 cm³/mol. The Balaban J connectivity index is 2.68. The first kappa shape index (κ1) is 13.1. The maximum Gasteiger partial charge on any atom is 0.129 e. The number of imidazole rings is 1. The van der Waals surface area contributed by atoms with Gasteiger partial charge in [-0.3, -0.25) is 0 Å². The van der Waals surface area contributed by atoms with E-state index in [2.05, 4.69) is 35.5 Å². The summed E-state index contributed by atoms with van der Waals surface area (Å²) >= 11 is 0. The Labute approximate surface area is 107 Å². The summed E-state index contributed by atoms with van der Waals surface area (Å²) in [7, 11) is 0. The van der Waals surface area contributed by atoms with Crippen LogP contribution in [0.1, 0.15) is 44.2 Å². The van der Waals surface area contributed by atoms with Crippen molar-refractivity contribution < 1.29 is 5.11 Å². The van der Waals surface area contributed by atoms with Crippen LogP contribution in [0.25, 0.3) is 11.0 Å². The second-order valence-electron chi connectivity index (χ2n) is 5.19. The van der Waals surface area contributed by atoms with Gasteiger partial charge in [-0.25, -0.2) is 4.98 Å². The molecule has 2 unspecified atom stereocenters. The Morgan fingerprint density at radius 3 is 2.50 bits per heavy atom. The van der Waals surface area contributed by atoms with E-state index >= 15 is 0 Å². The maximum absolute atomic E-state index is 9.68. The number of hydrogen-bond acceptors (Lipinski definition) is 3. The van der Waals surface area contributed by atoms with Crippen molar-refractivity contribution in [1.29, 1.82) is 0 Å². The van der Waals surface area contributed by atoms with Gasteiger partial charge in [0.2, 0.25) is 0 Å². The summed E-state index contributed by atoms with van der Waals surface area (Å²) < 4.78 is 2.10. The minimum absolute atomic E-state index is 0.262. The van der Waals surface area contributed by atoms with Crippen molar-refractivity contribution in [1.82, 2.24) is 9.55 Å². The first-order valence-corrected chi connectivity index (χ1v) is 6.34. The van der Waals surface area contributed by atoms with Gasteiger partial charge in [0.25, 0.3) is 0 Å². The van der Waals surface area contributed by atoms with E-state index in [1.54, 1.807) is 6.92 Å².